The van der Waals surface area contributed by atoms with Crippen molar-refractivity contribution in [2.75, 3.05) is 0 Å². The molecule has 0 saturated heterocycles. The Morgan fingerprint density at radius 1 is 1.36 bits per heavy atom. The topological polar surface area (TPSA) is 33.4 Å². The van der Waals surface area contributed by atoms with E-state index in [1.807, 2.05) is 12.1 Å². The first kappa shape index (κ1) is 8.34. The summed E-state index contributed by atoms with van der Waals surface area (Å²) in [6.45, 7) is 4.28. The lowest BCUT2D eigenvalue weighted by atomic mass is 10.1. The molecule has 0 aliphatic heterocycles. The van der Waals surface area contributed by atoms with Crippen LogP contribution in [0.15, 0.2) is 16.5 Å². The van der Waals surface area contributed by atoms with E-state index in [4.69, 9.17) is 9.52 Å². The smallest absolute Gasteiger partial charge is 0.129 e. The first-order valence-corrected chi connectivity index (χ1v) is 3.91. The molecule has 11 heavy (non-hydrogen) atoms. The average Bonchev–Trinajstić information content (AvgIpc) is 2.34. The van der Waals surface area contributed by atoms with Crippen molar-refractivity contribution < 1.29 is 9.52 Å². The van der Waals surface area contributed by atoms with E-state index in [-0.39, 0.29) is 6.61 Å². The van der Waals surface area contributed by atoms with Gasteiger partial charge in [-0.15, -0.1) is 0 Å². The molecular weight excluding hydrogens is 140 g/mol. The van der Waals surface area contributed by atoms with Crippen molar-refractivity contribution in [1.82, 2.24) is 0 Å². The lowest BCUT2D eigenvalue weighted by Gasteiger charge is -1.99. The molecule has 0 unspecified atom stereocenters. The van der Waals surface area contributed by atoms with Gasteiger partial charge in [-0.2, -0.15) is 0 Å². The highest BCUT2D eigenvalue weighted by Crippen LogP contribution is 2.11. The van der Waals surface area contributed by atoms with Crippen LogP contribution in [0.25, 0.3) is 0 Å². The number of rotatable bonds is 3. The lowest BCUT2D eigenvalue weighted by molar-refractivity contribution is 0.242. The molecular formula is C9H14O2. The molecule has 1 N–H and O–H groups in total. The Bertz CT molecular complexity index is 213. The fraction of sp³-hybridized carbons (Fsp3) is 0.556. The van der Waals surface area contributed by atoms with E-state index in [2.05, 4.69) is 13.8 Å². The van der Waals surface area contributed by atoms with E-state index in [1.54, 1.807) is 0 Å². The minimum atomic E-state index is -0.00189. The van der Waals surface area contributed by atoms with Crippen LogP contribution >= 0.6 is 0 Å². The first-order valence-electron chi connectivity index (χ1n) is 3.91. The Balaban J connectivity index is 2.58. The minimum absolute atomic E-state index is 0.00189. The molecule has 1 aromatic heterocycles. The van der Waals surface area contributed by atoms with Gasteiger partial charge < -0.3 is 9.52 Å². The molecule has 2 nitrogen and oxygen atoms in total. The fourth-order valence-corrected chi connectivity index (χ4v) is 1.02. The molecule has 0 bridgehead atoms. The predicted molar refractivity (Wildman–Crippen MR) is 43.2 cm³/mol. The third-order valence-electron chi connectivity index (χ3n) is 1.48. The molecule has 0 aliphatic rings. The summed E-state index contributed by atoms with van der Waals surface area (Å²) in [5.74, 6) is 2.22. The lowest BCUT2D eigenvalue weighted by Crippen LogP contribution is -1.91. The molecule has 0 fully saturated rings. The summed E-state index contributed by atoms with van der Waals surface area (Å²) >= 11 is 0. The monoisotopic (exact) mass is 154 g/mol. The maximum absolute atomic E-state index is 8.69. The molecule has 0 amide bonds. The second-order valence-corrected chi connectivity index (χ2v) is 3.12. The van der Waals surface area contributed by atoms with E-state index in [1.165, 1.54) is 0 Å². The van der Waals surface area contributed by atoms with Gasteiger partial charge in [-0.3, -0.25) is 0 Å². The molecule has 0 spiro atoms. The molecule has 1 heterocycles. The van der Waals surface area contributed by atoms with Crippen LogP contribution in [0.1, 0.15) is 25.4 Å². The maximum atomic E-state index is 8.69. The Hall–Kier alpha value is -0.760. The third-order valence-corrected chi connectivity index (χ3v) is 1.48. The zero-order chi connectivity index (χ0) is 8.27. The molecule has 1 rings (SSSR count). The summed E-state index contributed by atoms with van der Waals surface area (Å²) in [7, 11) is 0. The highest BCUT2D eigenvalue weighted by molar-refractivity contribution is 5.06. The molecule has 0 aromatic carbocycles. The van der Waals surface area contributed by atoms with Gasteiger partial charge in [0.15, 0.2) is 0 Å². The van der Waals surface area contributed by atoms with Gasteiger partial charge >= 0.3 is 0 Å². The standard InChI is InChI=1S/C9H14O2/c1-7(2)5-8-3-4-9(6-10)11-8/h3-4,7,10H,5-6H2,1-2H3. The highest BCUT2D eigenvalue weighted by atomic mass is 16.4. The van der Waals surface area contributed by atoms with Gasteiger partial charge in [0.2, 0.25) is 0 Å². The number of hydrogen-bond donors (Lipinski definition) is 1. The molecule has 0 saturated carbocycles. The molecule has 0 atom stereocenters. The van der Waals surface area contributed by atoms with Crippen molar-refractivity contribution in [3.8, 4) is 0 Å². The van der Waals surface area contributed by atoms with Crippen LogP contribution < -0.4 is 0 Å². The van der Waals surface area contributed by atoms with Crippen LogP contribution in [0.2, 0.25) is 0 Å². The van der Waals surface area contributed by atoms with Crippen molar-refractivity contribution in [3.63, 3.8) is 0 Å². The molecule has 2 heteroatoms. The van der Waals surface area contributed by atoms with Gasteiger partial charge in [0, 0.05) is 6.42 Å². The van der Waals surface area contributed by atoms with Gasteiger partial charge in [-0.05, 0) is 18.1 Å². The highest BCUT2D eigenvalue weighted by Gasteiger charge is 2.02. The first-order chi connectivity index (χ1) is 5.22. The number of furan rings is 1. The van der Waals surface area contributed by atoms with E-state index in [9.17, 15) is 0 Å². The summed E-state index contributed by atoms with van der Waals surface area (Å²) in [4.78, 5) is 0. The van der Waals surface area contributed by atoms with Crippen molar-refractivity contribution in [2.45, 2.75) is 26.9 Å². The normalized spacial score (nSPS) is 10.9. The summed E-state index contributed by atoms with van der Waals surface area (Å²) < 4.78 is 5.29. The average molecular weight is 154 g/mol. The fourth-order valence-electron chi connectivity index (χ4n) is 1.02. The van der Waals surface area contributed by atoms with Crippen LogP contribution in [0, 0.1) is 5.92 Å². The van der Waals surface area contributed by atoms with E-state index in [0.717, 1.165) is 12.2 Å². The zero-order valence-corrected chi connectivity index (χ0v) is 7.00. The molecule has 0 radical (unpaired) electrons. The molecule has 1 aromatic rings. The van der Waals surface area contributed by atoms with Crippen LogP contribution in [0.3, 0.4) is 0 Å². The number of hydrogen-bond acceptors (Lipinski definition) is 2. The van der Waals surface area contributed by atoms with Crippen LogP contribution in [-0.2, 0) is 13.0 Å². The quantitative estimate of drug-likeness (QED) is 0.722. The van der Waals surface area contributed by atoms with Crippen molar-refractivity contribution >= 4 is 0 Å². The second kappa shape index (κ2) is 3.58. The second-order valence-electron chi connectivity index (χ2n) is 3.12. The van der Waals surface area contributed by atoms with E-state index < -0.39 is 0 Å². The zero-order valence-electron chi connectivity index (χ0n) is 7.00. The largest absolute Gasteiger partial charge is 0.464 e. The van der Waals surface area contributed by atoms with Gasteiger partial charge in [-0.1, -0.05) is 13.8 Å². The summed E-state index contributed by atoms with van der Waals surface area (Å²) in [6, 6.07) is 3.74. The predicted octanol–water partition coefficient (Wildman–Crippen LogP) is 1.97. The number of aliphatic hydroxyl groups excluding tert-OH is 1. The van der Waals surface area contributed by atoms with Gasteiger partial charge in [-0.25, -0.2) is 0 Å². The van der Waals surface area contributed by atoms with Gasteiger partial charge in [0.1, 0.15) is 18.1 Å². The van der Waals surface area contributed by atoms with Crippen LogP contribution in [-0.4, -0.2) is 5.11 Å². The summed E-state index contributed by atoms with van der Waals surface area (Å²) in [5, 5.41) is 8.69. The van der Waals surface area contributed by atoms with E-state index >= 15 is 0 Å². The summed E-state index contributed by atoms with van der Waals surface area (Å²) in [5.41, 5.74) is 0. The Labute approximate surface area is 66.8 Å². The number of aliphatic hydroxyl groups is 1. The third kappa shape index (κ3) is 2.39. The molecule has 0 aliphatic carbocycles. The Morgan fingerprint density at radius 3 is 2.45 bits per heavy atom. The van der Waals surface area contributed by atoms with Gasteiger partial charge in [0.25, 0.3) is 0 Å². The van der Waals surface area contributed by atoms with Crippen molar-refractivity contribution in [1.29, 1.82) is 0 Å². The SMILES string of the molecule is CC(C)Cc1ccc(CO)o1. The van der Waals surface area contributed by atoms with Crippen molar-refractivity contribution in [3.05, 3.63) is 23.7 Å². The van der Waals surface area contributed by atoms with Crippen molar-refractivity contribution in [2.24, 2.45) is 5.92 Å². The van der Waals surface area contributed by atoms with Crippen LogP contribution in [0.4, 0.5) is 0 Å². The summed E-state index contributed by atoms with van der Waals surface area (Å²) in [6.07, 6.45) is 0.944. The Morgan fingerprint density at radius 2 is 2.00 bits per heavy atom. The van der Waals surface area contributed by atoms with Crippen LogP contribution in [0.5, 0.6) is 0 Å². The van der Waals surface area contributed by atoms with E-state index in [0.29, 0.717) is 11.7 Å². The molecule has 62 valence electrons. The minimum Gasteiger partial charge on any atom is -0.464 e. The Kier molecular flexibility index (Phi) is 2.71. The maximum Gasteiger partial charge on any atom is 0.129 e. The van der Waals surface area contributed by atoms with Gasteiger partial charge in [0.05, 0.1) is 0 Å².